The second kappa shape index (κ2) is 5.68. The highest BCUT2D eigenvalue weighted by molar-refractivity contribution is 5.89. The molecular weight excluding hydrogens is 248 g/mol. The minimum absolute atomic E-state index is 0.0751. The number of hydrogen-bond acceptors (Lipinski definition) is 4. The Kier molecular flexibility index (Phi) is 4.47. The fraction of sp³-hybridized carbons (Fsp3) is 0.636. The Morgan fingerprint density at radius 3 is 2.37 bits per heavy atom. The molecule has 0 aromatic heterocycles. The molecule has 8 nitrogen and oxygen atoms in total. The Balaban J connectivity index is 2.53. The van der Waals surface area contributed by atoms with Crippen LogP contribution in [0, 0.1) is 17.3 Å². The quantitative estimate of drug-likeness (QED) is 0.422. The fourth-order valence-electron chi connectivity index (χ4n) is 2.50. The number of nitrogens with zero attached hydrogens (tertiary/aromatic N) is 2. The molecule has 6 N–H and O–H groups in total. The minimum atomic E-state index is -0.689. The van der Waals surface area contributed by atoms with Gasteiger partial charge >= 0.3 is 12.1 Å². The third-order valence-electron chi connectivity index (χ3n) is 3.47. The summed E-state index contributed by atoms with van der Waals surface area (Å²) in [4.78, 5) is 21.0. The van der Waals surface area contributed by atoms with Gasteiger partial charge in [-0.15, -0.1) is 0 Å². The van der Waals surface area contributed by atoms with Gasteiger partial charge in [0.2, 0.25) is 0 Å². The normalized spacial score (nSPS) is 25.1. The highest BCUT2D eigenvalue weighted by Crippen LogP contribution is 2.60. The van der Waals surface area contributed by atoms with Crippen LogP contribution in [0.1, 0.15) is 27.2 Å². The smallest absolute Gasteiger partial charge is 0.332 e. The van der Waals surface area contributed by atoms with Crippen LogP contribution in [-0.2, 0) is 0 Å². The molecule has 106 valence electrons. The first kappa shape index (κ1) is 14.9. The van der Waals surface area contributed by atoms with Gasteiger partial charge in [0, 0.05) is 17.8 Å². The zero-order chi connectivity index (χ0) is 14.6. The molecule has 0 radical (unpaired) electrons. The molecule has 0 bridgehead atoms. The maximum atomic E-state index is 10.6. The summed E-state index contributed by atoms with van der Waals surface area (Å²) >= 11 is 0. The van der Waals surface area contributed by atoms with Gasteiger partial charge in [-0.1, -0.05) is 13.8 Å². The van der Waals surface area contributed by atoms with Crippen LogP contribution in [0.25, 0.3) is 0 Å². The van der Waals surface area contributed by atoms with Crippen molar-refractivity contribution in [1.82, 2.24) is 10.9 Å². The molecule has 0 heterocycles. The van der Waals surface area contributed by atoms with E-state index in [0.717, 1.165) is 5.71 Å². The predicted octanol–water partition coefficient (Wildman–Crippen LogP) is 0.347. The van der Waals surface area contributed by atoms with Crippen molar-refractivity contribution in [2.24, 2.45) is 38.9 Å². The number of hydrazone groups is 2. The third kappa shape index (κ3) is 3.94. The molecule has 2 unspecified atom stereocenters. The van der Waals surface area contributed by atoms with Gasteiger partial charge in [0.1, 0.15) is 0 Å². The van der Waals surface area contributed by atoms with E-state index < -0.39 is 12.1 Å². The SMILES string of the molecule is C/C(=N\NC(N)=O)C1C(C/C=N/NC(N)=O)C1(C)C. The largest absolute Gasteiger partial charge is 0.350 e. The molecule has 1 aliphatic carbocycles. The predicted molar refractivity (Wildman–Crippen MR) is 72.4 cm³/mol. The number of urea groups is 2. The highest BCUT2D eigenvalue weighted by Gasteiger charge is 2.58. The van der Waals surface area contributed by atoms with E-state index in [0.29, 0.717) is 12.3 Å². The van der Waals surface area contributed by atoms with E-state index in [1.165, 1.54) is 0 Å². The maximum Gasteiger partial charge on any atom is 0.332 e. The molecule has 0 saturated heterocycles. The van der Waals surface area contributed by atoms with Crippen LogP contribution in [-0.4, -0.2) is 24.0 Å². The van der Waals surface area contributed by atoms with Gasteiger partial charge in [0.05, 0.1) is 0 Å². The van der Waals surface area contributed by atoms with E-state index in [9.17, 15) is 9.59 Å². The lowest BCUT2D eigenvalue weighted by Gasteiger charge is -2.01. The molecule has 1 rings (SSSR count). The molecule has 19 heavy (non-hydrogen) atoms. The van der Waals surface area contributed by atoms with Crippen LogP contribution in [0.4, 0.5) is 9.59 Å². The van der Waals surface area contributed by atoms with Crippen LogP contribution in [0.5, 0.6) is 0 Å². The van der Waals surface area contributed by atoms with Gasteiger partial charge in [-0.25, -0.2) is 20.4 Å². The van der Waals surface area contributed by atoms with Crippen molar-refractivity contribution in [3.05, 3.63) is 0 Å². The Morgan fingerprint density at radius 1 is 1.26 bits per heavy atom. The van der Waals surface area contributed by atoms with Crippen molar-refractivity contribution >= 4 is 24.0 Å². The average molecular weight is 268 g/mol. The summed E-state index contributed by atoms with van der Waals surface area (Å²) < 4.78 is 0. The van der Waals surface area contributed by atoms with E-state index in [1.54, 1.807) is 6.21 Å². The van der Waals surface area contributed by atoms with Crippen molar-refractivity contribution in [2.45, 2.75) is 27.2 Å². The summed E-state index contributed by atoms with van der Waals surface area (Å²) in [6, 6.07) is -1.37. The topological polar surface area (TPSA) is 135 Å². The summed E-state index contributed by atoms with van der Waals surface area (Å²) in [6.07, 6.45) is 2.31. The van der Waals surface area contributed by atoms with Crippen molar-refractivity contribution < 1.29 is 9.59 Å². The molecule has 1 saturated carbocycles. The van der Waals surface area contributed by atoms with Crippen LogP contribution in [0.15, 0.2) is 10.2 Å². The molecular formula is C11H20N6O2. The van der Waals surface area contributed by atoms with Gasteiger partial charge in [-0.2, -0.15) is 10.2 Å². The Hall–Kier alpha value is -2.12. The molecule has 8 heteroatoms. The van der Waals surface area contributed by atoms with E-state index in [-0.39, 0.29) is 11.3 Å². The Labute approximate surface area is 111 Å². The highest BCUT2D eigenvalue weighted by atomic mass is 16.2. The molecule has 0 aromatic carbocycles. The lowest BCUT2D eigenvalue weighted by atomic mass is 10.1. The van der Waals surface area contributed by atoms with Crippen LogP contribution in [0.3, 0.4) is 0 Å². The van der Waals surface area contributed by atoms with Crippen LogP contribution >= 0.6 is 0 Å². The molecule has 4 amide bonds. The summed E-state index contributed by atoms with van der Waals surface area (Å²) in [5.41, 5.74) is 15.1. The molecule has 0 aromatic rings. The van der Waals surface area contributed by atoms with Gasteiger partial charge in [0.15, 0.2) is 0 Å². The average Bonchev–Trinajstić information content (AvgIpc) is 2.83. The summed E-state index contributed by atoms with van der Waals surface area (Å²) in [6.45, 7) is 6.07. The van der Waals surface area contributed by atoms with Crippen molar-refractivity contribution in [3.8, 4) is 0 Å². The van der Waals surface area contributed by atoms with E-state index in [1.807, 2.05) is 6.92 Å². The fourth-order valence-corrected chi connectivity index (χ4v) is 2.50. The van der Waals surface area contributed by atoms with Crippen molar-refractivity contribution in [1.29, 1.82) is 0 Å². The van der Waals surface area contributed by atoms with E-state index in [4.69, 9.17) is 11.5 Å². The number of hydrogen-bond donors (Lipinski definition) is 4. The van der Waals surface area contributed by atoms with Crippen molar-refractivity contribution in [3.63, 3.8) is 0 Å². The number of primary amides is 2. The first-order chi connectivity index (χ1) is 8.76. The van der Waals surface area contributed by atoms with Gasteiger partial charge in [-0.05, 0) is 24.7 Å². The van der Waals surface area contributed by atoms with Crippen LogP contribution < -0.4 is 22.3 Å². The lowest BCUT2D eigenvalue weighted by molar-refractivity contribution is 0.248. The monoisotopic (exact) mass is 268 g/mol. The molecule has 0 spiro atoms. The van der Waals surface area contributed by atoms with Gasteiger partial charge in [-0.3, -0.25) is 0 Å². The molecule has 2 atom stereocenters. The lowest BCUT2D eigenvalue weighted by Crippen LogP contribution is -2.26. The first-order valence-electron chi connectivity index (χ1n) is 5.93. The second-order valence-electron chi connectivity index (χ2n) is 5.16. The molecule has 0 aliphatic heterocycles. The standard InChI is InChI=1S/C11H20N6O2/c1-6(15-17-10(13)19)8-7(11(8,2)3)4-5-14-16-9(12)18/h5,7-8H,4H2,1-3H3,(H3,12,16,18)(H3,13,17,19)/b14-5+,15-6+. The van der Waals surface area contributed by atoms with Crippen LogP contribution in [0.2, 0.25) is 0 Å². The zero-order valence-electron chi connectivity index (χ0n) is 11.3. The van der Waals surface area contributed by atoms with E-state index >= 15 is 0 Å². The third-order valence-corrected chi connectivity index (χ3v) is 3.47. The van der Waals surface area contributed by atoms with E-state index in [2.05, 4.69) is 34.9 Å². The Bertz CT molecular complexity index is 429. The number of amides is 4. The second-order valence-corrected chi connectivity index (χ2v) is 5.16. The number of rotatable bonds is 5. The number of nitrogens with two attached hydrogens (primary N) is 2. The van der Waals surface area contributed by atoms with Gasteiger partial charge in [0.25, 0.3) is 0 Å². The Morgan fingerprint density at radius 2 is 1.84 bits per heavy atom. The summed E-state index contributed by atoms with van der Waals surface area (Å²) in [5.74, 6) is 0.601. The molecule has 1 aliphatic rings. The molecule has 1 fully saturated rings. The van der Waals surface area contributed by atoms with Crippen molar-refractivity contribution in [2.75, 3.05) is 0 Å². The maximum absolute atomic E-state index is 10.6. The first-order valence-corrected chi connectivity index (χ1v) is 5.93. The zero-order valence-corrected chi connectivity index (χ0v) is 11.3. The summed E-state index contributed by atoms with van der Waals surface area (Å²) in [7, 11) is 0. The minimum Gasteiger partial charge on any atom is -0.350 e. The van der Waals surface area contributed by atoms with Gasteiger partial charge < -0.3 is 11.5 Å². The number of carbonyl (C=O) groups is 2. The number of nitrogens with one attached hydrogen (secondary N) is 2. The number of carbonyl (C=O) groups excluding carboxylic acids is 2. The summed E-state index contributed by atoms with van der Waals surface area (Å²) in [5, 5.41) is 7.65.